The lowest BCUT2D eigenvalue weighted by Gasteiger charge is -2.26. The van der Waals surface area contributed by atoms with E-state index in [1.165, 1.54) is 10.4 Å². The van der Waals surface area contributed by atoms with Crippen LogP contribution in [-0.4, -0.2) is 26.2 Å². The second-order valence-electron chi connectivity index (χ2n) is 5.88. The van der Waals surface area contributed by atoms with Crippen molar-refractivity contribution in [1.82, 2.24) is 19.7 Å². The van der Waals surface area contributed by atoms with Crippen LogP contribution in [0.1, 0.15) is 21.8 Å². The van der Waals surface area contributed by atoms with Crippen molar-refractivity contribution in [2.24, 2.45) is 0 Å². The zero-order valence-electron chi connectivity index (χ0n) is 13.2. The third-order valence-electron chi connectivity index (χ3n) is 4.16. The first-order chi connectivity index (χ1) is 11.8. The average molecular weight is 355 g/mol. The minimum atomic E-state index is 0.596. The number of aromatic nitrogens is 3. The summed E-state index contributed by atoms with van der Waals surface area (Å²) in [7, 11) is 0. The standard InChI is InChI=1S/C18H18N4S2/c23-18-19-17(7-6-14-4-2-1-3-5-14)20-22(18)13-21-10-8-16-15(12-21)9-11-24-16/h1-7,9,11H,8,10,12-13H2,(H,19,20,23). The van der Waals surface area contributed by atoms with Gasteiger partial charge in [0.05, 0.1) is 6.67 Å². The lowest BCUT2D eigenvalue weighted by atomic mass is 10.1. The molecule has 1 aromatic carbocycles. The van der Waals surface area contributed by atoms with Crippen molar-refractivity contribution < 1.29 is 0 Å². The Labute approximate surface area is 150 Å². The molecule has 1 aliphatic rings. The summed E-state index contributed by atoms with van der Waals surface area (Å²) in [5.74, 6) is 0.789. The number of hydrogen-bond donors (Lipinski definition) is 1. The van der Waals surface area contributed by atoms with E-state index in [0.29, 0.717) is 4.77 Å². The third kappa shape index (κ3) is 3.40. The highest BCUT2D eigenvalue weighted by Crippen LogP contribution is 2.24. The van der Waals surface area contributed by atoms with Gasteiger partial charge < -0.3 is 0 Å². The van der Waals surface area contributed by atoms with E-state index in [2.05, 4.69) is 38.6 Å². The summed E-state index contributed by atoms with van der Waals surface area (Å²) >= 11 is 7.26. The largest absolute Gasteiger partial charge is 0.280 e. The first kappa shape index (κ1) is 15.5. The van der Waals surface area contributed by atoms with Crippen LogP contribution in [0.5, 0.6) is 0 Å². The second-order valence-corrected chi connectivity index (χ2v) is 7.24. The molecule has 0 fully saturated rings. The van der Waals surface area contributed by atoms with Crippen molar-refractivity contribution in [2.45, 2.75) is 19.6 Å². The number of nitrogens with one attached hydrogen (secondary N) is 1. The number of fused-ring (bicyclic) bond motifs is 1. The van der Waals surface area contributed by atoms with Gasteiger partial charge in [0.25, 0.3) is 0 Å². The van der Waals surface area contributed by atoms with Crippen molar-refractivity contribution in [3.05, 3.63) is 68.4 Å². The summed E-state index contributed by atoms with van der Waals surface area (Å²) in [6.45, 7) is 2.79. The molecule has 0 saturated heterocycles. The SMILES string of the molecule is S=c1nc(C=Cc2ccccc2)[nH]n1CN1CCc2sccc2C1. The van der Waals surface area contributed by atoms with E-state index in [1.54, 1.807) is 0 Å². The molecule has 0 bridgehead atoms. The summed E-state index contributed by atoms with van der Waals surface area (Å²) in [5, 5.41) is 5.48. The first-order valence-corrected chi connectivity index (χ1v) is 9.24. The highest BCUT2D eigenvalue weighted by Gasteiger charge is 2.17. The van der Waals surface area contributed by atoms with Gasteiger partial charge in [-0.15, -0.1) is 11.3 Å². The van der Waals surface area contributed by atoms with Gasteiger partial charge in [-0.2, -0.15) is 4.98 Å². The normalized spacial score (nSPS) is 15.0. The fourth-order valence-corrected chi connectivity index (χ4v) is 4.00. The molecule has 3 aromatic rings. The van der Waals surface area contributed by atoms with Crippen LogP contribution >= 0.6 is 23.6 Å². The molecule has 122 valence electrons. The molecular weight excluding hydrogens is 336 g/mol. The van der Waals surface area contributed by atoms with Crippen molar-refractivity contribution >= 4 is 35.7 Å². The third-order valence-corrected chi connectivity index (χ3v) is 5.49. The van der Waals surface area contributed by atoms with Crippen LogP contribution in [0, 0.1) is 4.77 Å². The van der Waals surface area contributed by atoms with Crippen molar-refractivity contribution in [3.63, 3.8) is 0 Å². The molecule has 4 nitrogen and oxygen atoms in total. The van der Waals surface area contributed by atoms with E-state index in [0.717, 1.165) is 37.6 Å². The number of thiophene rings is 1. The van der Waals surface area contributed by atoms with Crippen LogP contribution in [0.4, 0.5) is 0 Å². The highest BCUT2D eigenvalue weighted by atomic mass is 32.1. The second kappa shape index (κ2) is 6.84. The van der Waals surface area contributed by atoms with Gasteiger partial charge in [0, 0.05) is 18.0 Å². The van der Waals surface area contributed by atoms with Crippen molar-refractivity contribution in [3.8, 4) is 0 Å². The van der Waals surface area contributed by atoms with Gasteiger partial charge in [0.15, 0.2) is 0 Å². The maximum absolute atomic E-state index is 5.40. The van der Waals surface area contributed by atoms with E-state index in [9.17, 15) is 0 Å². The van der Waals surface area contributed by atoms with E-state index in [1.807, 2.05) is 46.4 Å². The number of rotatable bonds is 4. The molecule has 3 heterocycles. The van der Waals surface area contributed by atoms with Gasteiger partial charge in [0.1, 0.15) is 5.82 Å². The zero-order valence-corrected chi connectivity index (χ0v) is 14.8. The number of aromatic amines is 1. The fraction of sp³-hybridized carbons (Fsp3) is 0.222. The van der Waals surface area contributed by atoms with Crippen molar-refractivity contribution in [2.75, 3.05) is 6.54 Å². The molecule has 0 aliphatic carbocycles. The molecule has 0 saturated carbocycles. The fourth-order valence-electron chi connectivity index (χ4n) is 2.91. The van der Waals surface area contributed by atoms with Gasteiger partial charge in [-0.25, -0.2) is 4.68 Å². The van der Waals surface area contributed by atoms with Gasteiger partial charge in [0.2, 0.25) is 4.77 Å². The molecule has 0 spiro atoms. The Hall–Kier alpha value is -2.02. The summed E-state index contributed by atoms with van der Waals surface area (Å²) < 4.78 is 2.54. The number of hydrogen-bond acceptors (Lipinski definition) is 4. The Morgan fingerprint density at radius 1 is 1.21 bits per heavy atom. The average Bonchev–Trinajstić information content (AvgIpc) is 3.20. The predicted octanol–water partition coefficient (Wildman–Crippen LogP) is 4.19. The van der Waals surface area contributed by atoms with E-state index >= 15 is 0 Å². The number of H-pyrrole nitrogens is 1. The van der Waals surface area contributed by atoms with E-state index in [-0.39, 0.29) is 0 Å². The number of benzene rings is 1. The van der Waals surface area contributed by atoms with E-state index < -0.39 is 0 Å². The molecule has 0 unspecified atom stereocenters. The predicted molar refractivity (Wildman–Crippen MR) is 101 cm³/mol. The van der Waals surface area contributed by atoms with Gasteiger partial charge in [-0.1, -0.05) is 36.4 Å². The van der Waals surface area contributed by atoms with Crippen LogP contribution < -0.4 is 0 Å². The summed E-state index contributed by atoms with van der Waals surface area (Å²) in [6.07, 6.45) is 5.13. The molecule has 1 N–H and O–H groups in total. The molecule has 4 rings (SSSR count). The smallest absolute Gasteiger partial charge is 0.217 e. The minimum absolute atomic E-state index is 0.596. The maximum atomic E-state index is 5.40. The van der Waals surface area contributed by atoms with Crippen molar-refractivity contribution in [1.29, 1.82) is 0 Å². The van der Waals surface area contributed by atoms with Gasteiger partial charge in [-0.3, -0.25) is 10.00 Å². The molecular formula is C18H18N4S2. The summed E-state index contributed by atoms with van der Waals surface area (Å²) in [6, 6.07) is 12.4. The van der Waals surface area contributed by atoms with Crippen LogP contribution in [0.15, 0.2) is 41.8 Å². The lowest BCUT2D eigenvalue weighted by molar-refractivity contribution is 0.189. The van der Waals surface area contributed by atoms with Crippen LogP contribution in [-0.2, 0) is 19.6 Å². The zero-order chi connectivity index (χ0) is 16.4. The van der Waals surface area contributed by atoms with Gasteiger partial charge in [-0.05, 0) is 47.3 Å². The van der Waals surface area contributed by atoms with Crippen LogP contribution in [0.3, 0.4) is 0 Å². The Balaban J connectivity index is 1.46. The molecule has 0 atom stereocenters. The summed E-state index contributed by atoms with van der Waals surface area (Å²) in [4.78, 5) is 8.35. The molecule has 0 radical (unpaired) electrons. The molecule has 1 aliphatic heterocycles. The monoisotopic (exact) mass is 354 g/mol. The lowest BCUT2D eigenvalue weighted by Crippen LogP contribution is -2.32. The molecule has 24 heavy (non-hydrogen) atoms. The Morgan fingerprint density at radius 2 is 2.08 bits per heavy atom. The molecule has 6 heteroatoms. The van der Waals surface area contributed by atoms with Gasteiger partial charge >= 0.3 is 0 Å². The first-order valence-electron chi connectivity index (χ1n) is 7.95. The topological polar surface area (TPSA) is 36.9 Å². The minimum Gasteiger partial charge on any atom is -0.280 e. The Kier molecular flexibility index (Phi) is 4.42. The Bertz CT molecular complexity index is 905. The van der Waals surface area contributed by atoms with Crippen LogP contribution in [0.25, 0.3) is 12.2 Å². The Morgan fingerprint density at radius 3 is 2.96 bits per heavy atom. The molecule has 0 amide bonds. The summed E-state index contributed by atoms with van der Waals surface area (Å²) in [5.41, 5.74) is 2.59. The maximum Gasteiger partial charge on any atom is 0.217 e. The van der Waals surface area contributed by atoms with Crippen LogP contribution in [0.2, 0.25) is 0 Å². The number of nitrogens with zero attached hydrogens (tertiary/aromatic N) is 3. The van der Waals surface area contributed by atoms with E-state index in [4.69, 9.17) is 12.2 Å². The molecule has 2 aromatic heterocycles. The quantitative estimate of drug-likeness (QED) is 0.714. The highest BCUT2D eigenvalue weighted by molar-refractivity contribution is 7.71.